The summed E-state index contributed by atoms with van der Waals surface area (Å²) in [5.74, 6) is 0.870. The fraction of sp³-hybridized carbons (Fsp3) is 0.846. The molecule has 2 heterocycles. The molecular weight excluding hydrogens is 186 g/mol. The molecule has 0 saturated carbocycles. The van der Waals surface area contributed by atoms with Crippen molar-refractivity contribution in [1.29, 1.82) is 0 Å². The minimum absolute atomic E-state index is 0.536. The number of ether oxygens (including phenoxy) is 1. The topological polar surface area (TPSA) is 21.3 Å². The smallest absolute Gasteiger partial charge is 0.0733 e. The lowest BCUT2D eigenvalue weighted by Crippen LogP contribution is -2.40. The second-order valence-electron chi connectivity index (χ2n) is 5.27. The molecule has 2 bridgehead atoms. The van der Waals surface area contributed by atoms with E-state index in [2.05, 4.69) is 17.5 Å². The molecule has 2 saturated heterocycles. The van der Waals surface area contributed by atoms with E-state index < -0.39 is 0 Å². The highest BCUT2D eigenvalue weighted by Gasteiger charge is 2.40. The predicted molar refractivity (Wildman–Crippen MR) is 60.8 cm³/mol. The molecule has 84 valence electrons. The first-order valence-corrected chi connectivity index (χ1v) is 6.45. The molecule has 3 aliphatic rings. The number of nitrogens with one attached hydrogen (secondary N) is 1. The molecule has 0 aromatic rings. The molecule has 2 fully saturated rings. The first kappa shape index (κ1) is 9.86. The zero-order valence-electron chi connectivity index (χ0n) is 9.32. The van der Waals surface area contributed by atoms with Crippen LogP contribution >= 0.6 is 0 Å². The molecule has 1 aliphatic carbocycles. The number of rotatable bonds is 3. The molecule has 2 nitrogen and oxygen atoms in total. The molecule has 0 spiro atoms. The third-order valence-corrected chi connectivity index (χ3v) is 4.15. The normalized spacial score (nSPS) is 43.7. The van der Waals surface area contributed by atoms with Crippen molar-refractivity contribution in [3.8, 4) is 0 Å². The van der Waals surface area contributed by atoms with Gasteiger partial charge in [-0.05, 0) is 51.0 Å². The highest BCUT2D eigenvalue weighted by atomic mass is 16.5. The van der Waals surface area contributed by atoms with Gasteiger partial charge in [0.2, 0.25) is 0 Å². The average Bonchev–Trinajstić information content (AvgIpc) is 2.89. The molecule has 2 heteroatoms. The number of hydrogen-bond acceptors (Lipinski definition) is 2. The first-order chi connectivity index (χ1) is 7.42. The zero-order valence-corrected chi connectivity index (χ0v) is 9.32. The lowest BCUT2D eigenvalue weighted by atomic mass is 9.92. The minimum Gasteiger partial charge on any atom is -0.373 e. The second-order valence-corrected chi connectivity index (χ2v) is 5.27. The molecular formula is C13H21NO. The Hall–Kier alpha value is -0.340. The summed E-state index contributed by atoms with van der Waals surface area (Å²) in [4.78, 5) is 0. The lowest BCUT2D eigenvalue weighted by molar-refractivity contribution is 0.0969. The van der Waals surface area contributed by atoms with E-state index in [0.717, 1.165) is 5.92 Å². The van der Waals surface area contributed by atoms with Crippen LogP contribution in [0.25, 0.3) is 0 Å². The largest absolute Gasteiger partial charge is 0.373 e. The van der Waals surface area contributed by atoms with E-state index in [4.69, 9.17) is 4.74 Å². The third kappa shape index (κ3) is 2.11. The Balaban J connectivity index is 1.44. The van der Waals surface area contributed by atoms with Crippen molar-refractivity contribution < 1.29 is 4.74 Å². The molecule has 3 rings (SSSR count). The molecule has 0 radical (unpaired) electrons. The fourth-order valence-corrected chi connectivity index (χ4v) is 3.21. The molecule has 0 aromatic heterocycles. The summed E-state index contributed by atoms with van der Waals surface area (Å²) in [5.41, 5.74) is 0. The maximum Gasteiger partial charge on any atom is 0.0733 e. The van der Waals surface area contributed by atoms with Crippen molar-refractivity contribution in [2.75, 3.05) is 6.54 Å². The Labute approximate surface area is 92.1 Å². The van der Waals surface area contributed by atoms with Crippen LogP contribution in [-0.2, 0) is 4.74 Å². The van der Waals surface area contributed by atoms with Crippen LogP contribution in [0, 0.1) is 5.92 Å². The van der Waals surface area contributed by atoms with Crippen molar-refractivity contribution in [3.63, 3.8) is 0 Å². The van der Waals surface area contributed by atoms with E-state index in [0.29, 0.717) is 18.2 Å². The second kappa shape index (κ2) is 4.26. The lowest BCUT2D eigenvalue weighted by Gasteiger charge is -2.24. The molecule has 0 aromatic carbocycles. The van der Waals surface area contributed by atoms with E-state index in [9.17, 15) is 0 Å². The quantitative estimate of drug-likeness (QED) is 0.717. The van der Waals surface area contributed by atoms with Gasteiger partial charge in [0.1, 0.15) is 0 Å². The summed E-state index contributed by atoms with van der Waals surface area (Å²) in [5, 5.41) is 3.72. The summed E-state index contributed by atoms with van der Waals surface area (Å²) < 4.78 is 5.85. The molecule has 4 atom stereocenters. The van der Waals surface area contributed by atoms with Gasteiger partial charge in [-0.2, -0.15) is 0 Å². The van der Waals surface area contributed by atoms with Crippen LogP contribution in [0.4, 0.5) is 0 Å². The maximum atomic E-state index is 5.85. The van der Waals surface area contributed by atoms with Crippen LogP contribution < -0.4 is 5.32 Å². The van der Waals surface area contributed by atoms with Gasteiger partial charge in [0, 0.05) is 6.04 Å². The van der Waals surface area contributed by atoms with Crippen molar-refractivity contribution in [2.24, 2.45) is 5.92 Å². The Morgan fingerprint density at radius 1 is 1.20 bits per heavy atom. The van der Waals surface area contributed by atoms with E-state index in [1.54, 1.807) is 0 Å². The number of allylic oxidation sites excluding steroid dienone is 2. The van der Waals surface area contributed by atoms with Crippen molar-refractivity contribution in [3.05, 3.63) is 12.2 Å². The van der Waals surface area contributed by atoms with E-state index in [1.165, 1.54) is 45.1 Å². The number of hydrogen-bond donors (Lipinski definition) is 1. The third-order valence-electron chi connectivity index (χ3n) is 4.15. The van der Waals surface area contributed by atoms with Crippen molar-refractivity contribution in [1.82, 2.24) is 5.32 Å². The van der Waals surface area contributed by atoms with Gasteiger partial charge in [-0.1, -0.05) is 12.2 Å². The van der Waals surface area contributed by atoms with Crippen LogP contribution in [0.5, 0.6) is 0 Å². The SMILES string of the molecule is C1=CCC(CNC2CC3CCC2O3)CC1. The van der Waals surface area contributed by atoms with Crippen LogP contribution in [0.15, 0.2) is 12.2 Å². The molecule has 1 N–H and O–H groups in total. The van der Waals surface area contributed by atoms with Gasteiger partial charge in [0.25, 0.3) is 0 Å². The summed E-state index contributed by atoms with van der Waals surface area (Å²) in [6.07, 6.45) is 13.5. The summed E-state index contributed by atoms with van der Waals surface area (Å²) in [7, 11) is 0. The average molecular weight is 207 g/mol. The molecule has 0 amide bonds. The summed E-state index contributed by atoms with van der Waals surface area (Å²) in [6, 6.07) is 0.662. The van der Waals surface area contributed by atoms with E-state index in [1.807, 2.05) is 0 Å². The monoisotopic (exact) mass is 207 g/mol. The highest BCUT2D eigenvalue weighted by molar-refractivity contribution is 4.95. The molecule has 15 heavy (non-hydrogen) atoms. The van der Waals surface area contributed by atoms with Crippen LogP contribution in [0.3, 0.4) is 0 Å². The molecule has 2 aliphatic heterocycles. The first-order valence-electron chi connectivity index (χ1n) is 6.45. The van der Waals surface area contributed by atoms with Gasteiger partial charge in [0.05, 0.1) is 12.2 Å². The Bertz CT molecular complexity index is 251. The Morgan fingerprint density at radius 2 is 2.20 bits per heavy atom. The number of fused-ring (bicyclic) bond motifs is 2. The zero-order chi connectivity index (χ0) is 10.1. The van der Waals surface area contributed by atoms with E-state index in [-0.39, 0.29) is 0 Å². The van der Waals surface area contributed by atoms with Crippen molar-refractivity contribution in [2.45, 2.75) is 56.8 Å². The van der Waals surface area contributed by atoms with Crippen molar-refractivity contribution >= 4 is 0 Å². The molecule has 4 unspecified atom stereocenters. The van der Waals surface area contributed by atoms with Gasteiger partial charge in [0.15, 0.2) is 0 Å². The van der Waals surface area contributed by atoms with Crippen LogP contribution in [-0.4, -0.2) is 24.8 Å². The van der Waals surface area contributed by atoms with Gasteiger partial charge in [-0.3, -0.25) is 0 Å². The van der Waals surface area contributed by atoms with Crippen LogP contribution in [0.1, 0.15) is 38.5 Å². The standard InChI is InChI=1S/C13H21NO/c1-2-4-10(5-3-1)9-14-12-8-11-6-7-13(12)15-11/h1-2,10-14H,3-9H2. The van der Waals surface area contributed by atoms with Crippen LogP contribution in [0.2, 0.25) is 0 Å². The summed E-state index contributed by atoms with van der Waals surface area (Å²) >= 11 is 0. The minimum atomic E-state index is 0.536. The van der Waals surface area contributed by atoms with Gasteiger partial charge in [-0.15, -0.1) is 0 Å². The maximum absolute atomic E-state index is 5.85. The Morgan fingerprint density at radius 3 is 2.87 bits per heavy atom. The fourth-order valence-electron chi connectivity index (χ4n) is 3.21. The van der Waals surface area contributed by atoms with Gasteiger partial charge in [-0.25, -0.2) is 0 Å². The Kier molecular flexibility index (Phi) is 2.80. The predicted octanol–water partition coefficient (Wildman–Crippen LogP) is 2.25. The van der Waals surface area contributed by atoms with E-state index >= 15 is 0 Å². The highest BCUT2D eigenvalue weighted by Crippen LogP contribution is 2.34. The van der Waals surface area contributed by atoms with Gasteiger partial charge >= 0.3 is 0 Å². The summed E-state index contributed by atoms with van der Waals surface area (Å²) in [6.45, 7) is 1.20. The van der Waals surface area contributed by atoms with Gasteiger partial charge < -0.3 is 10.1 Å².